The monoisotopic (exact) mass is 551 g/mol. The number of aliphatic hydroxyl groups is 1. The number of aliphatic hydroxyl groups excluding tert-OH is 1. The van der Waals surface area contributed by atoms with Gasteiger partial charge in [0.1, 0.15) is 6.61 Å². The Labute approximate surface area is 235 Å². The maximum absolute atomic E-state index is 13.1. The predicted molar refractivity (Wildman–Crippen MR) is 150 cm³/mol. The van der Waals surface area contributed by atoms with Crippen molar-refractivity contribution < 1.29 is 38.3 Å². The van der Waals surface area contributed by atoms with Gasteiger partial charge in [-0.2, -0.15) is 0 Å². The molecule has 0 spiro atoms. The lowest BCUT2D eigenvalue weighted by molar-refractivity contribution is 0.0426. The van der Waals surface area contributed by atoms with Crippen LogP contribution >= 0.6 is 0 Å². The van der Waals surface area contributed by atoms with Gasteiger partial charge in [0.05, 0.1) is 53.7 Å². The maximum Gasteiger partial charge on any atom is 0.410 e. The van der Waals surface area contributed by atoms with E-state index in [2.05, 4.69) is 0 Å². The topological polar surface area (TPSA) is 95.9 Å². The van der Waals surface area contributed by atoms with Crippen molar-refractivity contribution in [2.24, 2.45) is 0 Å². The highest BCUT2D eigenvalue weighted by Gasteiger charge is 2.37. The van der Waals surface area contributed by atoms with Gasteiger partial charge in [0.25, 0.3) is 0 Å². The van der Waals surface area contributed by atoms with Crippen LogP contribution < -0.4 is 23.7 Å². The van der Waals surface area contributed by atoms with E-state index in [-0.39, 0.29) is 19.2 Å². The molecule has 0 bridgehead atoms. The van der Waals surface area contributed by atoms with E-state index < -0.39 is 12.2 Å². The number of nitrogens with zero attached hydrogens (tertiary/aromatic N) is 1. The second kappa shape index (κ2) is 13.3. The van der Waals surface area contributed by atoms with Crippen molar-refractivity contribution in [3.63, 3.8) is 0 Å². The summed E-state index contributed by atoms with van der Waals surface area (Å²) in [5.74, 6) is 2.67. The molecule has 1 amide bonds. The lowest BCUT2D eigenvalue weighted by Crippen LogP contribution is -2.42. The molecule has 0 fully saturated rings. The molecule has 3 aromatic carbocycles. The van der Waals surface area contributed by atoms with Crippen molar-refractivity contribution >= 4 is 6.09 Å². The summed E-state index contributed by atoms with van der Waals surface area (Å²) in [7, 11) is 6.28. The molecule has 1 aliphatic heterocycles. The maximum atomic E-state index is 13.1. The van der Waals surface area contributed by atoms with Gasteiger partial charge in [0.2, 0.25) is 5.75 Å². The average molecular weight is 552 g/mol. The summed E-state index contributed by atoms with van der Waals surface area (Å²) in [4.78, 5) is 14.6. The van der Waals surface area contributed by atoms with E-state index in [4.69, 9.17) is 28.4 Å². The highest BCUT2D eigenvalue weighted by molar-refractivity contribution is 5.69. The lowest BCUT2D eigenvalue weighted by atomic mass is 9.87. The molecule has 40 heavy (non-hydrogen) atoms. The molecule has 0 saturated carbocycles. The van der Waals surface area contributed by atoms with Crippen LogP contribution in [0.1, 0.15) is 47.7 Å². The highest BCUT2D eigenvalue weighted by atomic mass is 16.6. The molecular weight excluding hydrogens is 514 g/mol. The number of ether oxygens (including phenoxy) is 6. The molecule has 9 nitrogen and oxygen atoms in total. The van der Waals surface area contributed by atoms with Crippen molar-refractivity contribution in [1.29, 1.82) is 0 Å². The molecule has 9 heteroatoms. The fraction of sp³-hybridized carbons (Fsp3) is 0.387. The molecule has 0 saturated heterocycles. The molecule has 2 unspecified atom stereocenters. The van der Waals surface area contributed by atoms with Crippen LogP contribution in [0.5, 0.6) is 28.7 Å². The van der Waals surface area contributed by atoms with Crippen molar-refractivity contribution in [1.82, 2.24) is 4.90 Å². The van der Waals surface area contributed by atoms with Gasteiger partial charge in [-0.15, -0.1) is 0 Å². The summed E-state index contributed by atoms with van der Waals surface area (Å²) >= 11 is 0. The zero-order valence-electron chi connectivity index (χ0n) is 23.6. The number of carbonyl (C=O) groups is 1. The number of fused-ring (bicyclic) bond motifs is 1. The highest BCUT2D eigenvalue weighted by Crippen LogP contribution is 2.44. The summed E-state index contributed by atoms with van der Waals surface area (Å²) < 4.78 is 33.7. The number of methoxy groups -OCH3 is 4. The number of rotatable bonds is 11. The number of aryl methyl sites for hydroxylation is 1. The minimum absolute atomic E-state index is 0.0964. The molecule has 1 aliphatic rings. The third kappa shape index (κ3) is 6.20. The Balaban J connectivity index is 1.70. The first-order chi connectivity index (χ1) is 19.4. The van der Waals surface area contributed by atoms with E-state index in [9.17, 15) is 9.90 Å². The Morgan fingerprint density at radius 3 is 2.10 bits per heavy atom. The second-order valence-electron chi connectivity index (χ2n) is 9.36. The van der Waals surface area contributed by atoms with Crippen molar-refractivity contribution in [2.75, 3.05) is 41.6 Å². The van der Waals surface area contributed by atoms with Crippen molar-refractivity contribution in [3.8, 4) is 28.7 Å². The number of amides is 1. The quantitative estimate of drug-likeness (QED) is 0.335. The van der Waals surface area contributed by atoms with Gasteiger partial charge < -0.3 is 33.5 Å². The normalized spacial score (nSPS) is 16.1. The molecule has 4 rings (SSSR count). The molecule has 0 aromatic heterocycles. The van der Waals surface area contributed by atoms with Crippen LogP contribution in [-0.4, -0.2) is 57.7 Å². The van der Waals surface area contributed by atoms with Crippen LogP contribution in [0, 0.1) is 0 Å². The van der Waals surface area contributed by atoms with Gasteiger partial charge in [0.15, 0.2) is 23.0 Å². The van der Waals surface area contributed by atoms with E-state index in [1.165, 1.54) is 0 Å². The van der Waals surface area contributed by atoms with E-state index in [0.717, 1.165) is 16.7 Å². The Hall–Kier alpha value is -4.11. The number of hydrogen-bond acceptors (Lipinski definition) is 8. The van der Waals surface area contributed by atoms with Crippen LogP contribution in [0.4, 0.5) is 4.79 Å². The molecule has 214 valence electrons. The number of benzene rings is 3. The number of β-amino-alcohol motifs (C(OH)–C–C–N with tert-alkyl or cyclic N) is 1. The van der Waals surface area contributed by atoms with Gasteiger partial charge in [0, 0.05) is 0 Å². The van der Waals surface area contributed by atoms with Crippen LogP contribution in [-0.2, 0) is 17.8 Å². The molecule has 1 N–H and O–H groups in total. The third-order valence-corrected chi connectivity index (χ3v) is 7.00. The van der Waals surface area contributed by atoms with Gasteiger partial charge in [-0.1, -0.05) is 30.3 Å². The zero-order valence-corrected chi connectivity index (χ0v) is 23.6. The minimum atomic E-state index is -0.908. The van der Waals surface area contributed by atoms with Crippen LogP contribution in [0.25, 0.3) is 0 Å². The molecular formula is C31H37NO8. The minimum Gasteiger partial charge on any atom is -0.493 e. The van der Waals surface area contributed by atoms with Gasteiger partial charge in [-0.05, 0) is 66.3 Å². The summed E-state index contributed by atoms with van der Waals surface area (Å²) in [6.45, 7) is 2.43. The molecule has 3 aromatic rings. The van der Waals surface area contributed by atoms with Crippen LogP contribution in [0.15, 0.2) is 54.6 Å². The fourth-order valence-electron chi connectivity index (χ4n) is 5.06. The molecule has 0 radical (unpaired) electrons. The average Bonchev–Trinajstić information content (AvgIpc) is 2.98. The Bertz CT molecular complexity index is 1270. The van der Waals surface area contributed by atoms with Gasteiger partial charge in [-0.25, -0.2) is 4.79 Å². The van der Waals surface area contributed by atoms with Gasteiger partial charge >= 0.3 is 6.09 Å². The Kier molecular flexibility index (Phi) is 9.60. The summed E-state index contributed by atoms with van der Waals surface area (Å²) in [6, 6.07) is 16.9. The zero-order chi connectivity index (χ0) is 28.6. The van der Waals surface area contributed by atoms with Crippen LogP contribution in [0.2, 0.25) is 0 Å². The number of carbonyl (C=O) groups excluding carboxylic acids is 1. The molecule has 1 heterocycles. The Morgan fingerprint density at radius 2 is 1.50 bits per heavy atom. The fourth-order valence-corrected chi connectivity index (χ4v) is 5.06. The first kappa shape index (κ1) is 28.9. The van der Waals surface area contributed by atoms with Gasteiger partial charge in [-0.3, -0.25) is 4.90 Å². The van der Waals surface area contributed by atoms with Crippen molar-refractivity contribution in [2.45, 2.75) is 38.5 Å². The van der Waals surface area contributed by atoms with E-state index in [1.807, 2.05) is 48.5 Å². The molecule has 2 atom stereocenters. The largest absolute Gasteiger partial charge is 0.493 e. The van der Waals surface area contributed by atoms with E-state index in [1.54, 1.807) is 46.3 Å². The van der Waals surface area contributed by atoms with Crippen LogP contribution in [0.3, 0.4) is 0 Å². The van der Waals surface area contributed by atoms with E-state index >= 15 is 0 Å². The predicted octanol–water partition coefficient (Wildman–Crippen LogP) is 5.48. The summed E-state index contributed by atoms with van der Waals surface area (Å²) in [5, 5.41) is 11.1. The Morgan fingerprint density at radius 1 is 0.850 bits per heavy atom. The second-order valence-corrected chi connectivity index (χ2v) is 9.36. The SMILES string of the molecule is CCOC(=O)N1CC(O)c2cc(OC)c(OCc3ccccc3)cc2C1CCc1cc(OC)c(OC)c(OC)c1. The first-order valence-electron chi connectivity index (χ1n) is 13.2. The van der Waals surface area contributed by atoms with Crippen molar-refractivity contribution in [3.05, 3.63) is 76.9 Å². The summed E-state index contributed by atoms with van der Waals surface area (Å²) in [6.07, 6.45) is -0.265. The first-order valence-corrected chi connectivity index (χ1v) is 13.2. The number of hydrogen-bond donors (Lipinski definition) is 1. The lowest BCUT2D eigenvalue weighted by Gasteiger charge is -2.39. The van der Waals surface area contributed by atoms with E-state index in [0.29, 0.717) is 53.8 Å². The molecule has 0 aliphatic carbocycles. The summed E-state index contributed by atoms with van der Waals surface area (Å²) in [5.41, 5.74) is 3.43. The third-order valence-electron chi connectivity index (χ3n) is 7.00. The smallest absolute Gasteiger partial charge is 0.410 e. The standard InChI is InChI=1S/C31H37NO8/c1-6-39-31(34)32-18-25(33)23-17-26(35-2)27(40-19-20-10-8-7-9-11-20)16-22(23)24(32)13-12-21-14-28(36-3)30(38-5)29(15-21)37-4/h7-11,14-17,24-25,33H,6,12-13,18-19H2,1-5H3.